The van der Waals surface area contributed by atoms with Gasteiger partial charge in [0.15, 0.2) is 0 Å². The zero-order valence-corrected chi connectivity index (χ0v) is 10.6. The first-order chi connectivity index (χ1) is 8.70. The Morgan fingerprint density at radius 3 is 2.67 bits per heavy atom. The number of carbonyl (C=O) groups excluding carboxylic acids is 1. The summed E-state index contributed by atoms with van der Waals surface area (Å²) >= 11 is 0. The molecule has 1 amide bonds. The van der Waals surface area contributed by atoms with E-state index in [0.717, 1.165) is 12.8 Å². The van der Waals surface area contributed by atoms with Gasteiger partial charge in [0.1, 0.15) is 6.54 Å². The Bertz CT molecular complexity index is 457. The maximum absolute atomic E-state index is 11.8. The van der Waals surface area contributed by atoms with Gasteiger partial charge in [0.2, 0.25) is 5.91 Å². The van der Waals surface area contributed by atoms with Gasteiger partial charge in [-0.15, -0.1) is 0 Å². The zero-order chi connectivity index (χ0) is 13.0. The van der Waals surface area contributed by atoms with E-state index in [2.05, 4.69) is 5.32 Å². The van der Waals surface area contributed by atoms with E-state index < -0.39 is 0 Å². The van der Waals surface area contributed by atoms with Crippen LogP contribution >= 0.6 is 0 Å². The number of amides is 1. The van der Waals surface area contributed by atoms with E-state index in [1.54, 1.807) is 17.0 Å². The number of ether oxygens (including phenoxy) is 1. The van der Waals surface area contributed by atoms with Crippen LogP contribution in [0.3, 0.4) is 0 Å². The Morgan fingerprint density at radius 1 is 1.39 bits per heavy atom. The van der Waals surface area contributed by atoms with Gasteiger partial charge < -0.3 is 10.1 Å². The van der Waals surface area contributed by atoms with Crippen molar-refractivity contribution in [2.75, 3.05) is 13.2 Å². The van der Waals surface area contributed by atoms with Crippen molar-refractivity contribution in [1.82, 2.24) is 14.5 Å². The summed E-state index contributed by atoms with van der Waals surface area (Å²) in [5.41, 5.74) is -0.139. The zero-order valence-electron chi connectivity index (χ0n) is 10.6. The third kappa shape index (κ3) is 3.01. The molecule has 1 N–H and O–H groups in total. The molecule has 18 heavy (non-hydrogen) atoms. The fourth-order valence-electron chi connectivity index (χ4n) is 2.08. The highest BCUT2D eigenvalue weighted by Crippen LogP contribution is 2.05. The molecule has 1 aromatic heterocycles. The number of carbonyl (C=O) groups is 1. The summed E-state index contributed by atoms with van der Waals surface area (Å²) in [6.45, 7) is 3.98. The van der Waals surface area contributed by atoms with Crippen molar-refractivity contribution in [3.8, 4) is 0 Å². The van der Waals surface area contributed by atoms with Crippen LogP contribution in [-0.4, -0.2) is 34.3 Å². The molecule has 100 valence electrons. The Labute approximate surface area is 106 Å². The van der Waals surface area contributed by atoms with Crippen LogP contribution in [0.15, 0.2) is 17.2 Å². The lowest BCUT2D eigenvalue weighted by Crippen LogP contribution is -2.41. The number of rotatable bonds is 4. The van der Waals surface area contributed by atoms with Gasteiger partial charge >= 0.3 is 5.69 Å². The largest absolute Gasteiger partial charge is 0.381 e. The normalized spacial score (nSPS) is 16.7. The number of imidazole rings is 1. The maximum Gasteiger partial charge on any atom is 0.328 e. The Hall–Kier alpha value is -1.56. The molecule has 1 aliphatic heterocycles. The maximum atomic E-state index is 11.8. The molecule has 0 spiro atoms. The quantitative estimate of drug-likeness (QED) is 0.819. The Morgan fingerprint density at radius 2 is 2.06 bits per heavy atom. The fraction of sp³-hybridized carbons (Fsp3) is 0.667. The monoisotopic (exact) mass is 253 g/mol. The highest BCUT2D eigenvalue weighted by Gasteiger charge is 2.16. The van der Waals surface area contributed by atoms with Crippen molar-refractivity contribution in [2.24, 2.45) is 0 Å². The SMILES string of the molecule is CCn1ccn(CC(=O)NC2CCOCC2)c1=O. The molecule has 0 bridgehead atoms. The fourth-order valence-corrected chi connectivity index (χ4v) is 2.08. The van der Waals surface area contributed by atoms with Gasteiger partial charge in [-0.25, -0.2) is 4.79 Å². The van der Waals surface area contributed by atoms with Crippen molar-refractivity contribution >= 4 is 5.91 Å². The van der Waals surface area contributed by atoms with Crippen LogP contribution in [-0.2, 0) is 22.6 Å². The summed E-state index contributed by atoms with van der Waals surface area (Å²) in [6.07, 6.45) is 5.03. The van der Waals surface area contributed by atoms with Crippen LogP contribution in [0.1, 0.15) is 19.8 Å². The lowest BCUT2D eigenvalue weighted by atomic mass is 10.1. The van der Waals surface area contributed by atoms with E-state index in [-0.39, 0.29) is 24.2 Å². The van der Waals surface area contributed by atoms with E-state index in [0.29, 0.717) is 19.8 Å². The molecule has 6 nitrogen and oxygen atoms in total. The van der Waals surface area contributed by atoms with Crippen LogP contribution in [0.5, 0.6) is 0 Å². The third-order valence-corrected chi connectivity index (χ3v) is 3.16. The standard InChI is InChI=1S/C12H19N3O3/c1-2-14-5-6-15(12(14)17)9-11(16)13-10-3-7-18-8-4-10/h5-6,10H,2-4,7-9H2,1H3,(H,13,16). The highest BCUT2D eigenvalue weighted by molar-refractivity contribution is 5.76. The second kappa shape index (κ2) is 5.86. The minimum atomic E-state index is -0.139. The van der Waals surface area contributed by atoms with Crippen LogP contribution < -0.4 is 11.0 Å². The van der Waals surface area contributed by atoms with Crippen molar-refractivity contribution < 1.29 is 9.53 Å². The highest BCUT2D eigenvalue weighted by atomic mass is 16.5. The van der Waals surface area contributed by atoms with E-state index in [4.69, 9.17) is 4.74 Å². The van der Waals surface area contributed by atoms with Gasteiger partial charge in [-0.1, -0.05) is 0 Å². The van der Waals surface area contributed by atoms with E-state index >= 15 is 0 Å². The number of nitrogens with zero attached hydrogens (tertiary/aromatic N) is 2. The predicted molar refractivity (Wildman–Crippen MR) is 66.3 cm³/mol. The van der Waals surface area contributed by atoms with Gasteiger partial charge in [-0.2, -0.15) is 0 Å². The lowest BCUT2D eigenvalue weighted by Gasteiger charge is -2.23. The molecule has 0 aliphatic carbocycles. The third-order valence-electron chi connectivity index (χ3n) is 3.16. The van der Waals surface area contributed by atoms with Crippen LogP contribution in [0.4, 0.5) is 0 Å². The summed E-state index contributed by atoms with van der Waals surface area (Å²) in [5, 5.41) is 2.93. The summed E-state index contributed by atoms with van der Waals surface area (Å²) in [6, 6.07) is 0.176. The van der Waals surface area contributed by atoms with E-state index in [1.165, 1.54) is 4.57 Å². The van der Waals surface area contributed by atoms with Gasteiger partial charge in [-0.05, 0) is 19.8 Å². The summed E-state index contributed by atoms with van der Waals surface area (Å²) < 4.78 is 8.23. The molecule has 2 heterocycles. The van der Waals surface area contributed by atoms with Crippen molar-refractivity contribution in [3.63, 3.8) is 0 Å². The van der Waals surface area contributed by atoms with Gasteiger partial charge in [-0.3, -0.25) is 13.9 Å². The molecule has 1 fully saturated rings. The van der Waals surface area contributed by atoms with Gasteiger partial charge in [0.05, 0.1) is 0 Å². The summed E-state index contributed by atoms with van der Waals surface area (Å²) in [4.78, 5) is 23.6. The van der Waals surface area contributed by atoms with Crippen LogP contribution in [0.2, 0.25) is 0 Å². The summed E-state index contributed by atoms with van der Waals surface area (Å²) in [5.74, 6) is -0.113. The van der Waals surface area contributed by atoms with Crippen LogP contribution in [0, 0.1) is 0 Å². The van der Waals surface area contributed by atoms with Crippen LogP contribution in [0.25, 0.3) is 0 Å². The van der Waals surface area contributed by atoms with Crippen molar-refractivity contribution in [2.45, 2.75) is 38.9 Å². The van der Waals surface area contributed by atoms with Crippen molar-refractivity contribution in [3.05, 3.63) is 22.9 Å². The smallest absolute Gasteiger partial charge is 0.328 e. The molecular formula is C12H19N3O3. The molecule has 2 rings (SSSR count). The second-order valence-electron chi connectivity index (χ2n) is 4.45. The number of aromatic nitrogens is 2. The second-order valence-corrected chi connectivity index (χ2v) is 4.45. The topological polar surface area (TPSA) is 65.3 Å². The Balaban J connectivity index is 1.90. The average Bonchev–Trinajstić information content (AvgIpc) is 2.71. The lowest BCUT2D eigenvalue weighted by molar-refractivity contribution is -0.123. The molecule has 0 aromatic carbocycles. The Kier molecular flexibility index (Phi) is 4.19. The molecule has 0 saturated carbocycles. The first-order valence-corrected chi connectivity index (χ1v) is 6.33. The number of nitrogens with one attached hydrogen (secondary N) is 1. The molecule has 6 heteroatoms. The molecule has 1 saturated heterocycles. The molecule has 0 atom stereocenters. The minimum absolute atomic E-state index is 0.0865. The first kappa shape index (κ1) is 12.9. The molecule has 0 radical (unpaired) electrons. The molecule has 1 aliphatic rings. The average molecular weight is 253 g/mol. The molecule has 1 aromatic rings. The minimum Gasteiger partial charge on any atom is -0.381 e. The molecule has 0 unspecified atom stereocenters. The van der Waals surface area contributed by atoms with E-state index in [9.17, 15) is 9.59 Å². The van der Waals surface area contributed by atoms with E-state index in [1.807, 2.05) is 6.92 Å². The van der Waals surface area contributed by atoms with Gasteiger partial charge in [0, 0.05) is 38.2 Å². The number of aryl methyl sites for hydroxylation is 1. The predicted octanol–water partition coefficient (Wildman–Crippen LogP) is -0.0351. The summed E-state index contributed by atoms with van der Waals surface area (Å²) in [7, 11) is 0. The number of hydrogen-bond acceptors (Lipinski definition) is 3. The first-order valence-electron chi connectivity index (χ1n) is 6.33. The number of hydrogen-bond donors (Lipinski definition) is 1. The molecular weight excluding hydrogens is 234 g/mol. The van der Waals surface area contributed by atoms with Crippen molar-refractivity contribution in [1.29, 1.82) is 0 Å². The van der Waals surface area contributed by atoms with Gasteiger partial charge in [0.25, 0.3) is 0 Å².